The van der Waals surface area contributed by atoms with E-state index in [-0.39, 0.29) is 10.7 Å². The maximum Gasteiger partial charge on any atom is 0.241 e. The average Bonchev–Trinajstić information content (AvgIpc) is 2.41. The number of hydrogen-bond donors (Lipinski definition) is 1. The summed E-state index contributed by atoms with van der Waals surface area (Å²) in [6, 6.07) is 8.63. The lowest BCUT2D eigenvalue weighted by Crippen LogP contribution is -2.23. The minimum atomic E-state index is -3.73. The third-order valence-electron chi connectivity index (χ3n) is 2.49. The molecule has 1 N–H and O–H groups in total. The van der Waals surface area contributed by atoms with E-state index in [1.807, 2.05) is 0 Å². The summed E-state index contributed by atoms with van der Waals surface area (Å²) >= 11 is 11.4. The van der Waals surface area contributed by atoms with E-state index in [0.29, 0.717) is 10.0 Å². The summed E-state index contributed by atoms with van der Waals surface area (Å²) in [6.07, 6.45) is 1.35. The predicted octanol–water partition coefficient (Wildman–Crippen LogP) is 2.80. The van der Waals surface area contributed by atoms with E-state index in [4.69, 9.17) is 23.2 Å². The van der Waals surface area contributed by atoms with Crippen molar-refractivity contribution in [3.05, 3.63) is 52.6 Å². The van der Waals surface area contributed by atoms with Crippen molar-refractivity contribution in [1.29, 1.82) is 0 Å². The van der Waals surface area contributed by atoms with Crippen LogP contribution in [0.2, 0.25) is 10.0 Å². The van der Waals surface area contributed by atoms with Crippen molar-refractivity contribution in [1.82, 2.24) is 4.98 Å². The van der Waals surface area contributed by atoms with Crippen molar-refractivity contribution >= 4 is 44.8 Å². The highest BCUT2D eigenvalue weighted by Gasteiger charge is 2.19. The van der Waals surface area contributed by atoms with Crippen LogP contribution in [0.4, 0.5) is 5.82 Å². The van der Waals surface area contributed by atoms with Crippen molar-refractivity contribution in [3.63, 3.8) is 0 Å². The number of halogens is 2. The highest BCUT2D eigenvalue weighted by molar-refractivity contribution is 7.92. The number of anilines is 1. The van der Waals surface area contributed by atoms with Gasteiger partial charge in [-0.2, -0.15) is 0 Å². The van der Waals surface area contributed by atoms with Gasteiger partial charge in [0.15, 0.2) is 9.84 Å². The molecule has 0 unspecified atom stereocenters. The molecule has 8 heteroatoms. The molecule has 1 heterocycles. The topological polar surface area (TPSA) is 76.1 Å². The van der Waals surface area contributed by atoms with Crippen LogP contribution < -0.4 is 5.32 Å². The Morgan fingerprint density at radius 1 is 1.05 bits per heavy atom. The first-order valence-corrected chi connectivity index (χ1v) is 8.17. The Morgan fingerprint density at radius 2 is 1.67 bits per heavy atom. The van der Waals surface area contributed by atoms with E-state index in [9.17, 15) is 13.2 Å². The quantitative estimate of drug-likeness (QED) is 0.925. The molecule has 0 aliphatic heterocycles. The van der Waals surface area contributed by atoms with Gasteiger partial charge in [0.1, 0.15) is 11.6 Å². The number of hydrogen-bond acceptors (Lipinski definition) is 4. The SMILES string of the molecule is O=C(CS(=O)(=O)c1ccc(Cl)cc1)Nc1ccc(Cl)cn1. The molecule has 0 radical (unpaired) electrons. The molecule has 0 aliphatic carbocycles. The molecule has 1 aromatic heterocycles. The van der Waals surface area contributed by atoms with Gasteiger partial charge in [0.05, 0.1) is 9.92 Å². The largest absolute Gasteiger partial charge is 0.310 e. The number of carbonyl (C=O) groups is 1. The van der Waals surface area contributed by atoms with E-state index < -0.39 is 21.5 Å². The maximum atomic E-state index is 12.1. The number of nitrogens with zero attached hydrogens (tertiary/aromatic N) is 1. The van der Waals surface area contributed by atoms with Gasteiger partial charge in [0, 0.05) is 11.2 Å². The lowest BCUT2D eigenvalue weighted by Gasteiger charge is -2.06. The molecule has 0 bridgehead atoms. The first kappa shape index (κ1) is 15.8. The summed E-state index contributed by atoms with van der Waals surface area (Å²) in [4.78, 5) is 15.7. The van der Waals surface area contributed by atoms with Gasteiger partial charge in [-0.1, -0.05) is 23.2 Å². The van der Waals surface area contributed by atoms with Crippen molar-refractivity contribution in [2.75, 3.05) is 11.1 Å². The number of benzene rings is 1. The van der Waals surface area contributed by atoms with Crippen LogP contribution in [0.25, 0.3) is 0 Å². The molecule has 21 heavy (non-hydrogen) atoms. The van der Waals surface area contributed by atoms with E-state index in [1.54, 1.807) is 0 Å². The Morgan fingerprint density at radius 3 is 2.24 bits per heavy atom. The fourth-order valence-corrected chi connectivity index (χ4v) is 2.90. The molecule has 2 aromatic rings. The van der Waals surface area contributed by atoms with E-state index in [1.165, 1.54) is 42.6 Å². The molecular weight excluding hydrogens is 335 g/mol. The Balaban J connectivity index is 2.07. The van der Waals surface area contributed by atoms with Crippen LogP contribution in [0.3, 0.4) is 0 Å². The van der Waals surface area contributed by atoms with E-state index >= 15 is 0 Å². The zero-order valence-electron chi connectivity index (χ0n) is 10.6. The smallest absolute Gasteiger partial charge is 0.241 e. The monoisotopic (exact) mass is 344 g/mol. The number of nitrogens with one attached hydrogen (secondary N) is 1. The van der Waals surface area contributed by atoms with Gasteiger partial charge < -0.3 is 5.32 Å². The fraction of sp³-hybridized carbons (Fsp3) is 0.0769. The third kappa shape index (κ3) is 4.42. The summed E-state index contributed by atoms with van der Waals surface area (Å²) in [5.74, 6) is -1.13. The first-order chi connectivity index (χ1) is 9.87. The molecule has 1 aromatic carbocycles. The minimum Gasteiger partial charge on any atom is -0.310 e. The highest BCUT2D eigenvalue weighted by atomic mass is 35.5. The van der Waals surface area contributed by atoms with Gasteiger partial charge in [0.2, 0.25) is 5.91 Å². The summed E-state index contributed by atoms with van der Waals surface area (Å²) in [5.41, 5.74) is 0. The molecule has 0 saturated carbocycles. The number of aromatic nitrogens is 1. The van der Waals surface area contributed by atoms with Crippen molar-refractivity contribution in [2.24, 2.45) is 0 Å². The molecule has 110 valence electrons. The normalized spacial score (nSPS) is 11.1. The second kappa shape index (κ2) is 6.43. The first-order valence-electron chi connectivity index (χ1n) is 5.76. The molecule has 0 saturated heterocycles. The molecule has 0 atom stereocenters. The van der Waals surface area contributed by atoms with Gasteiger partial charge >= 0.3 is 0 Å². The van der Waals surface area contributed by atoms with Gasteiger partial charge in [0.25, 0.3) is 0 Å². The van der Waals surface area contributed by atoms with Crippen LogP contribution in [0, 0.1) is 0 Å². The van der Waals surface area contributed by atoms with Crippen LogP contribution in [-0.4, -0.2) is 25.1 Å². The Labute approximate surface area is 131 Å². The predicted molar refractivity (Wildman–Crippen MR) is 81.4 cm³/mol. The summed E-state index contributed by atoms with van der Waals surface area (Å²) < 4.78 is 24.1. The lowest BCUT2D eigenvalue weighted by atomic mass is 10.4. The number of amides is 1. The van der Waals surface area contributed by atoms with Gasteiger partial charge in [-0.05, 0) is 36.4 Å². The van der Waals surface area contributed by atoms with Crippen LogP contribution in [0.5, 0.6) is 0 Å². The molecule has 2 rings (SSSR count). The molecule has 0 fully saturated rings. The Hall–Kier alpha value is -1.63. The van der Waals surface area contributed by atoms with Crippen LogP contribution in [-0.2, 0) is 14.6 Å². The average molecular weight is 345 g/mol. The summed E-state index contributed by atoms with van der Waals surface area (Å²) in [5, 5.41) is 3.23. The van der Waals surface area contributed by atoms with Crippen LogP contribution in [0.1, 0.15) is 0 Å². The maximum absolute atomic E-state index is 12.1. The highest BCUT2D eigenvalue weighted by Crippen LogP contribution is 2.16. The Bertz CT molecular complexity index is 744. The zero-order chi connectivity index (χ0) is 15.5. The van der Waals surface area contributed by atoms with Crippen LogP contribution >= 0.6 is 23.2 Å². The Kier molecular flexibility index (Phi) is 4.82. The standard InChI is InChI=1S/C13H10Cl2N2O3S/c14-9-1-4-11(5-2-9)21(19,20)8-13(18)17-12-6-3-10(15)7-16-12/h1-7H,8H2,(H,16,17,18). The molecular formula is C13H10Cl2N2O3S. The van der Waals surface area contributed by atoms with Gasteiger partial charge in [-0.25, -0.2) is 13.4 Å². The molecule has 1 amide bonds. The number of sulfone groups is 1. The minimum absolute atomic E-state index is 0.0334. The fourth-order valence-electron chi connectivity index (χ4n) is 1.53. The summed E-state index contributed by atoms with van der Waals surface area (Å²) in [7, 11) is -3.73. The second-order valence-corrected chi connectivity index (χ2v) is 6.99. The second-order valence-electron chi connectivity index (χ2n) is 4.12. The lowest BCUT2D eigenvalue weighted by molar-refractivity contribution is -0.113. The van der Waals surface area contributed by atoms with Gasteiger partial charge in [-0.15, -0.1) is 0 Å². The number of rotatable bonds is 4. The number of pyridine rings is 1. The zero-order valence-corrected chi connectivity index (χ0v) is 12.9. The van der Waals surface area contributed by atoms with E-state index in [0.717, 1.165) is 0 Å². The van der Waals surface area contributed by atoms with Crippen LogP contribution in [0.15, 0.2) is 47.5 Å². The third-order valence-corrected chi connectivity index (χ3v) is 4.60. The summed E-state index contributed by atoms with van der Waals surface area (Å²) in [6.45, 7) is 0. The van der Waals surface area contributed by atoms with Crippen molar-refractivity contribution in [3.8, 4) is 0 Å². The molecule has 5 nitrogen and oxygen atoms in total. The van der Waals surface area contributed by atoms with E-state index in [2.05, 4.69) is 10.3 Å². The number of carbonyl (C=O) groups excluding carboxylic acids is 1. The van der Waals surface area contributed by atoms with Crippen molar-refractivity contribution in [2.45, 2.75) is 4.90 Å². The molecule has 0 aliphatic rings. The molecule has 0 spiro atoms. The van der Waals surface area contributed by atoms with Gasteiger partial charge in [-0.3, -0.25) is 4.79 Å². The van der Waals surface area contributed by atoms with Crippen molar-refractivity contribution < 1.29 is 13.2 Å².